The van der Waals surface area contributed by atoms with E-state index in [1.165, 1.54) is 6.08 Å². The summed E-state index contributed by atoms with van der Waals surface area (Å²) in [5.41, 5.74) is 0. The van der Waals surface area contributed by atoms with Crippen LogP contribution in [-0.2, 0) is 9.53 Å². The molecule has 0 radical (unpaired) electrons. The van der Waals surface area contributed by atoms with Crippen LogP contribution in [0.2, 0.25) is 0 Å². The number of aliphatic carboxylic acids is 1. The van der Waals surface area contributed by atoms with Crippen molar-refractivity contribution in [1.82, 2.24) is 10.2 Å². The van der Waals surface area contributed by atoms with Gasteiger partial charge in [-0.3, -0.25) is 0 Å². The van der Waals surface area contributed by atoms with Crippen LogP contribution in [0.3, 0.4) is 0 Å². The number of carboxylic acids is 1. The van der Waals surface area contributed by atoms with Crippen molar-refractivity contribution in [1.29, 1.82) is 0 Å². The minimum absolute atomic E-state index is 0.0529. The first kappa shape index (κ1) is 16.5. The van der Waals surface area contributed by atoms with Crippen LogP contribution >= 0.6 is 0 Å². The Balaban J connectivity index is 2.48. The third-order valence-corrected chi connectivity index (χ3v) is 3.22. The average Bonchev–Trinajstić information content (AvgIpc) is 2.44. The van der Waals surface area contributed by atoms with Gasteiger partial charge < -0.3 is 20.1 Å². The van der Waals surface area contributed by atoms with Gasteiger partial charge in [0.2, 0.25) is 0 Å². The van der Waals surface area contributed by atoms with Crippen LogP contribution in [0, 0.1) is 0 Å². The number of carbonyl (C=O) groups is 2. The van der Waals surface area contributed by atoms with Crippen molar-refractivity contribution >= 4 is 12.0 Å². The highest BCUT2D eigenvalue weighted by Crippen LogP contribution is 2.14. The van der Waals surface area contributed by atoms with Crippen LogP contribution in [0.15, 0.2) is 12.7 Å². The molecule has 1 heterocycles. The lowest BCUT2D eigenvalue weighted by molar-refractivity contribution is -0.139. The lowest BCUT2D eigenvalue weighted by atomic mass is 10.1. The molecule has 2 amide bonds. The molecule has 6 nitrogen and oxygen atoms in total. The molecule has 6 heteroatoms. The summed E-state index contributed by atoms with van der Waals surface area (Å²) in [5.74, 6) is -1.05. The summed E-state index contributed by atoms with van der Waals surface area (Å²) in [7, 11) is 0. The predicted molar refractivity (Wildman–Crippen MR) is 75.6 cm³/mol. The fourth-order valence-electron chi connectivity index (χ4n) is 2.17. The first-order valence-corrected chi connectivity index (χ1v) is 7.09. The molecule has 0 bridgehead atoms. The smallest absolute Gasteiger partial charge is 0.326 e. The fourth-order valence-corrected chi connectivity index (χ4v) is 2.17. The Bertz CT molecular complexity index is 346. The zero-order chi connectivity index (χ0) is 15.0. The Morgan fingerprint density at radius 3 is 2.95 bits per heavy atom. The van der Waals surface area contributed by atoms with Crippen molar-refractivity contribution in [3.8, 4) is 0 Å². The standard InChI is InChI=1S/C14H24N2O4/c1-3-6-12(13(17)18)15-14(19)16-8-5-7-11(10-16)20-9-4-2/h3,11-12H,1,4-10H2,2H3,(H,15,19)(H,17,18). The van der Waals surface area contributed by atoms with E-state index in [4.69, 9.17) is 9.84 Å². The highest BCUT2D eigenvalue weighted by atomic mass is 16.5. The van der Waals surface area contributed by atoms with Gasteiger partial charge in [-0.05, 0) is 25.7 Å². The largest absolute Gasteiger partial charge is 0.480 e. The van der Waals surface area contributed by atoms with Crippen molar-refractivity contribution in [2.45, 2.75) is 44.8 Å². The van der Waals surface area contributed by atoms with E-state index in [1.807, 2.05) is 6.92 Å². The molecule has 0 aliphatic carbocycles. The molecule has 20 heavy (non-hydrogen) atoms. The number of likely N-dealkylation sites (tertiary alicyclic amines) is 1. The highest BCUT2D eigenvalue weighted by Gasteiger charge is 2.27. The normalized spacial score (nSPS) is 20.2. The summed E-state index contributed by atoms with van der Waals surface area (Å²) >= 11 is 0. The number of amides is 2. The average molecular weight is 284 g/mol. The lowest BCUT2D eigenvalue weighted by Crippen LogP contribution is -2.52. The number of hydrogen-bond donors (Lipinski definition) is 2. The maximum absolute atomic E-state index is 12.1. The van der Waals surface area contributed by atoms with Crippen LogP contribution in [0.5, 0.6) is 0 Å². The van der Waals surface area contributed by atoms with Crippen LogP contribution in [0.25, 0.3) is 0 Å². The third-order valence-electron chi connectivity index (χ3n) is 3.22. The molecular weight excluding hydrogens is 260 g/mol. The molecule has 0 spiro atoms. The Morgan fingerprint density at radius 2 is 2.35 bits per heavy atom. The molecule has 0 aromatic rings. The van der Waals surface area contributed by atoms with Gasteiger partial charge in [-0.15, -0.1) is 6.58 Å². The monoisotopic (exact) mass is 284 g/mol. The number of urea groups is 1. The summed E-state index contributed by atoms with van der Waals surface area (Å²) in [6.45, 7) is 7.39. The summed E-state index contributed by atoms with van der Waals surface area (Å²) in [6, 6.07) is -1.26. The number of rotatable bonds is 7. The molecule has 2 unspecified atom stereocenters. The molecule has 1 aliphatic heterocycles. The summed E-state index contributed by atoms with van der Waals surface area (Å²) in [4.78, 5) is 24.7. The van der Waals surface area contributed by atoms with Gasteiger partial charge >= 0.3 is 12.0 Å². The molecule has 2 atom stereocenters. The van der Waals surface area contributed by atoms with Gasteiger partial charge in [0.25, 0.3) is 0 Å². The van der Waals surface area contributed by atoms with E-state index >= 15 is 0 Å². The molecule has 0 saturated carbocycles. The quantitative estimate of drug-likeness (QED) is 0.696. The Hall–Kier alpha value is -1.56. The zero-order valence-electron chi connectivity index (χ0n) is 12.0. The first-order valence-electron chi connectivity index (χ1n) is 7.09. The second-order valence-electron chi connectivity index (χ2n) is 4.95. The second kappa shape index (κ2) is 8.58. The van der Waals surface area contributed by atoms with E-state index in [2.05, 4.69) is 11.9 Å². The van der Waals surface area contributed by atoms with Gasteiger partial charge in [-0.1, -0.05) is 13.0 Å². The number of ether oxygens (including phenoxy) is 1. The predicted octanol–water partition coefficient (Wildman–Crippen LogP) is 1.62. The summed E-state index contributed by atoms with van der Waals surface area (Å²) in [5, 5.41) is 11.5. The van der Waals surface area contributed by atoms with Crippen LogP contribution in [0.4, 0.5) is 4.79 Å². The molecule has 1 saturated heterocycles. The van der Waals surface area contributed by atoms with Gasteiger partial charge in [0.1, 0.15) is 6.04 Å². The number of carbonyl (C=O) groups excluding carboxylic acids is 1. The number of piperidine rings is 1. The van der Waals surface area contributed by atoms with Crippen molar-refractivity contribution in [3.63, 3.8) is 0 Å². The van der Waals surface area contributed by atoms with Crippen molar-refractivity contribution in [3.05, 3.63) is 12.7 Å². The summed E-state index contributed by atoms with van der Waals surface area (Å²) < 4.78 is 5.66. The molecule has 1 fully saturated rings. The fraction of sp³-hybridized carbons (Fsp3) is 0.714. The van der Waals surface area contributed by atoms with Gasteiger partial charge in [-0.25, -0.2) is 9.59 Å². The van der Waals surface area contributed by atoms with Gasteiger partial charge in [0.05, 0.1) is 6.10 Å². The Kier molecular flexibility index (Phi) is 7.08. The van der Waals surface area contributed by atoms with Crippen LogP contribution < -0.4 is 5.32 Å². The molecule has 2 N–H and O–H groups in total. The maximum atomic E-state index is 12.1. The highest BCUT2D eigenvalue weighted by molar-refractivity contribution is 5.82. The van der Waals surface area contributed by atoms with Crippen LogP contribution in [0.1, 0.15) is 32.6 Å². The SMILES string of the molecule is C=CCC(NC(=O)N1CCCC(OCCC)C1)C(=O)O. The molecule has 0 aromatic heterocycles. The van der Waals surface area contributed by atoms with Gasteiger partial charge in [0, 0.05) is 19.7 Å². The number of nitrogens with one attached hydrogen (secondary N) is 1. The lowest BCUT2D eigenvalue weighted by Gasteiger charge is -2.33. The minimum Gasteiger partial charge on any atom is -0.480 e. The first-order chi connectivity index (χ1) is 9.58. The zero-order valence-corrected chi connectivity index (χ0v) is 12.0. The van der Waals surface area contributed by atoms with Crippen LogP contribution in [-0.4, -0.2) is 53.8 Å². The molecule has 1 rings (SSSR count). The number of hydrogen-bond acceptors (Lipinski definition) is 3. The van der Waals surface area contributed by atoms with E-state index in [9.17, 15) is 9.59 Å². The Labute approximate surface area is 119 Å². The summed E-state index contributed by atoms with van der Waals surface area (Å²) in [6.07, 6.45) is 4.52. The number of nitrogens with zero attached hydrogens (tertiary/aromatic N) is 1. The van der Waals surface area contributed by atoms with Gasteiger partial charge in [0.15, 0.2) is 0 Å². The molecule has 0 aromatic carbocycles. The van der Waals surface area contributed by atoms with E-state index in [-0.39, 0.29) is 18.6 Å². The molecule has 1 aliphatic rings. The Morgan fingerprint density at radius 1 is 1.60 bits per heavy atom. The number of carboxylic acid groups (broad SMARTS) is 1. The molecular formula is C14H24N2O4. The molecule has 114 valence electrons. The van der Waals surface area contributed by atoms with E-state index in [0.29, 0.717) is 19.7 Å². The maximum Gasteiger partial charge on any atom is 0.326 e. The third kappa shape index (κ3) is 5.21. The van der Waals surface area contributed by atoms with Gasteiger partial charge in [-0.2, -0.15) is 0 Å². The second-order valence-corrected chi connectivity index (χ2v) is 4.95. The van der Waals surface area contributed by atoms with Crippen molar-refractivity contribution in [2.75, 3.05) is 19.7 Å². The van der Waals surface area contributed by atoms with E-state index < -0.39 is 12.0 Å². The van der Waals surface area contributed by atoms with Crippen molar-refractivity contribution in [2.24, 2.45) is 0 Å². The minimum atomic E-state index is -1.05. The van der Waals surface area contributed by atoms with Crippen molar-refractivity contribution < 1.29 is 19.4 Å². The van der Waals surface area contributed by atoms with E-state index in [0.717, 1.165) is 19.3 Å². The topological polar surface area (TPSA) is 78.9 Å². The van der Waals surface area contributed by atoms with E-state index in [1.54, 1.807) is 4.90 Å².